The second-order valence-corrected chi connectivity index (χ2v) is 11.3. The maximum atomic E-state index is 12.6. The lowest BCUT2D eigenvalue weighted by Gasteiger charge is -2.33. The summed E-state index contributed by atoms with van der Waals surface area (Å²) in [5, 5.41) is 1.33. The minimum absolute atomic E-state index is 0.206. The molecule has 1 aliphatic heterocycles. The number of ether oxygens (including phenoxy) is 1. The van der Waals surface area contributed by atoms with Crippen LogP contribution in [0.5, 0.6) is 5.75 Å². The molecule has 2 aliphatic rings. The Hall–Kier alpha value is -2.37. The fraction of sp³-hybridized carbons (Fsp3) is 0.483. The van der Waals surface area contributed by atoms with Gasteiger partial charge in [0.15, 0.2) is 0 Å². The molecular formula is C29H36N2O2S. The van der Waals surface area contributed by atoms with Crippen molar-refractivity contribution >= 4 is 27.3 Å². The van der Waals surface area contributed by atoms with Gasteiger partial charge in [0.2, 0.25) is 5.91 Å². The number of fused-ring (bicyclic) bond motifs is 1. The van der Waals surface area contributed by atoms with Crippen molar-refractivity contribution < 1.29 is 9.53 Å². The van der Waals surface area contributed by atoms with Crippen molar-refractivity contribution in [1.82, 2.24) is 9.80 Å². The van der Waals surface area contributed by atoms with Gasteiger partial charge in [0.05, 0.1) is 0 Å². The molecule has 1 amide bonds. The molecule has 0 spiro atoms. The normalized spacial score (nSPS) is 17.6. The number of hydrogen-bond acceptors (Lipinski definition) is 4. The van der Waals surface area contributed by atoms with Crippen molar-refractivity contribution in [1.29, 1.82) is 0 Å². The maximum Gasteiger partial charge on any atom is 0.222 e. The lowest BCUT2D eigenvalue weighted by atomic mass is 10.0. The van der Waals surface area contributed by atoms with Gasteiger partial charge in [0, 0.05) is 55.0 Å². The largest absolute Gasteiger partial charge is 0.490 e. The summed E-state index contributed by atoms with van der Waals surface area (Å²) in [5.74, 6) is 1.92. The molecule has 0 N–H and O–H groups in total. The first-order chi connectivity index (χ1) is 16.6. The van der Waals surface area contributed by atoms with Crippen LogP contribution in [0, 0.1) is 5.92 Å². The number of nitrogens with zero attached hydrogens (tertiary/aromatic N) is 2. The van der Waals surface area contributed by atoms with Crippen molar-refractivity contribution in [2.45, 2.75) is 64.1 Å². The van der Waals surface area contributed by atoms with E-state index in [-0.39, 0.29) is 6.10 Å². The van der Waals surface area contributed by atoms with Gasteiger partial charge in [0.1, 0.15) is 11.9 Å². The molecule has 0 bridgehead atoms. The molecule has 5 rings (SSSR count). The monoisotopic (exact) mass is 476 g/mol. The maximum absolute atomic E-state index is 12.6. The average molecular weight is 477 g/mol. The third kappa shape index (κ3) is 6.00. The van der Waals surface area contributed by atoms with Crippen LogP contribution in [0.1, 0.15) is 55.4 Å². The first kappa shape index (κ1) is 23.4. The highest BCUT2D eigenvalue weighted by Gasteiger charge is 2.26. The standard InChI is InChI=1S/C29H36N2O2S/c1-30(21-27-19-24-8-4-5-9-28(24)34-27)20-23-10-12-25(13-11-23)33-26-14-16-31(17-15-26)29(32)18-22-6-2-3-7-22/h4-5,8-13,19,22,26H,2-3,6-7,14-18,20-21H2,1H3. The fourth-order valence-corrected chi connectivity index (χ4v) is 6.57. The van der Waals surface area contributed by atoms with Crippen LogP contribution in [0.15, 0.2) is 54.6 Å². The molecule has 1 saturated carbocycles. The van der Waals surface area contributed by atoms with Crippen molar-refractivity contribution in [3.63, 3.8) is 0 Å². The molecule has 2 heterocycles. The number of hydrogen-bond donors (Lipinski definition) is 0. The first-order valence-corrected chi connectivity index (χ1v) is 13.6. The lowest BCUT2D eigenvalue weighted by molar-refractivity contribution is -0.134. The van der Waals surface area contributed by atoms with E-state index in [1.54, 1.807) is 0 Å². The van der Waals surface area contributed by atoms with Gasteiger partial charge in [-0.2, -0.15) is 0 Å². The van der Waals surface area contributed by atoms with Crippen molar-refractivity contribution in [2.24, 2.45) is 5.92 Å². The highest BCUT2D eigenvalue weighted by molar-refractivity contribution is 7.19. The molecule has 0 radical (unpaired) electrons. The minimum atomic E-state index is 0.206. The van der Waals surface area contributed by atoms with Gasteiger partial charge in [-0.15, -0.1) is 11.3 Å². The Morgan fingerprint density at radius 2 is 1.74 bits per heavy atom. The lowest BCUT2D eigenvalue weighted by Crippen LogP contribution is -2.42. The average Bonchev–Trinajstić information content (AvgIpc) is 3.50. The molecule has 1 aromatic heterocycles. The summed E-state index contributed by atoms with van der Waals surface area (Å²) in [7, 11) is 2.18. The molecule has 2 aromatic carbocycles. The summed E-state index contributed by atoms with van der Waals surface area (Å²) >= 11 is 1.88. The number of thiophene rings is 1. The number of piperidine rings is 1. The predicted octanol–water partition coefficient (Wildman–Crippen LogP) is 6.48. The number of carbonyl (C=O) groups excluding carboxylic acids is 1. The molecule has 180 valence electrons. The molecule has 34 heavy (non-hydrogen) atoms. The van der Waals surface area contributed by atoms with Crippen LogP contribution in [-0.2, 0) is 17.9 Å². The van der Waals surface area contributed by atoms with Crippen LogP contribution >= 0.6 is 11.3 Å². The van der Waals surface area contributed by atoms with E-state index >= 15 is 0 Å². The Bertz CT molecular complexity index is 1050. The van der Waals surface area contributed by atoms with E-state index < -0.39 is 0 Å². The molecule has 0 unspecified atom stereocenters. The Kier molecular flexibility index (Phi) is 7.51. The Morgan fingerprint density at radius 1 is 1.00 bits per heavy atom. The fourth-order valence-electron chi connectivity index (χ4n) is 5.43. The summed E-state index contributed by atoms with van der Waals surface area (Å²) in [5.41, 5.74) is 1.29. The second kappa shape index (κ2) is 10.9. The van der Waals surface area contributed by atoms with Gasteiger partial charge < -0.3 is 9.64 Å². The third-order valence-corrected chi connectivity index (χ3v) is 8.41. The van der Waals surface area contributed by atoms with Gasteiger partial charge in [0.25, 0.3) is 0 Å². The van der Waals surface area contributed by atoms with E-state index in [9.17, 15) is 4.79 Å². The van der Waals surface area contributed by atoms with Crippen molar-refractivity contribution in [3.8, 4) is 5.75 Å². The van der Waals surface area contributed by atoms with E-state index in [1.165, 1.54) is 46.2 Å². The van der Waals surface area contributed by atoms with Crippen LogP contribution < -0.4 is 4.74 Å². The van der Waals surface area contributed by atoms with E-state index in [0.29, 0.717) is 11.8 Å². The summed E-state index contributed by atoms with van der Waals surface area (Å²) in [6.45, 7) is 3.53. The van der Waals surface area contributed by atoms with Crippen LogP contribution in [0.2, 0.25) is 0 Å². The number of benzene rings is 2. The molecule has 3 aromatic rings. The summed E-state index contributed by atoms with van der Waals surface area (Å²) in [4.78, 5) is 18.4. The zero-order valence-electron chi connectivity index (χ0n) is 20.2. The summed E-state index contributed by atoms with van der Waals surface area (Å²) in [6, 6.07) is 19.4. The topological polar surface area (TPSA) is 32.8 Å². The van der Waals surface area contributed by atoms with Crippen molar-refractivity contribution in [2.75, 3.05) is 20.1 Å². The van der Waals surface area contributed by atoms with E-state index in [4.69, 9.17) is 4.74 Å². The SMILES string of the molecule is CN(Cc1ccc(OC2CCN(C(=O)CC3CCCC3)CC2)cc1)Cc1cc2ccccc2s1. The smallest absolute Gasteiger partial charge is 0.222 e. The van der Waals surface area contributed by atoms with Gasteiger partial charge in [-0.05, 0) is 61.0 Å². The van der Waals surface area contributed by atoms with Crippen LogP contribution in [0.4, 0.5) is 0 Å². The summed E-state index contributed by atoms with van der Waals surface area (Å²) in [6.07, 6.45) is 7.89. The molecule has 5 heteroatoms. The highest BCUT2D eigenvalue weighted by atomic mass is 32.1. The van der Waals surface area contributed by atoms with Crippen LogP contribution in [-0.4, -0.2) is 41.9 Å². The third-order valence-electron chi connectivity index (χ3n) is 7.31. The minimum Gasteiger partial charge on any atom is -0.490 e. The summed E-state index contributed by atoms with van der Waals surface area (Å²) < 4.78 is 7.61. The van der Waals surface area contributed by atoms with Gasteiger partial charge in [-0.3, -0.25) is 9.69 Å². The molecular weight excluding hydrogens is 440 g/mol. The molecule has 1 saturated heterocycles. The number of likely N-dealkylation sites (tertiary alicyclic amines) is 1. The van der Waals surface area contributed by atoms with E-state index in [1.807, 2.05) is 11.3 Å². The Labute approximate surface area is 207 Å². The number of rotatable bonds is 8. The van der Waals surface area contributed by atoms with Gasteiger partial charge in [-0.25, -0.2) is 0 Å². The zero-order valence-corrected chi connectivity index (χ0v) is 21.1. The number of amides is 1. The van der Waals surface area contributed by atoms with E-state index in [0.717, 1.165) is 51.2 Å². The van der Waals surface area contributed by atoms with Gasteiger partial charge in [-0.1, -0.05) is 43.2 Å². The zero-order chi connectivity index (χ0) is 23.3. The van der Waals surface area contributed by atoms with Gasteiger partial charge >= 0.3 is 0 Å². The molecule has 1 aliphatic carbocycles. The Balaban J connectivity index is 1.06. The second-order valence-electron chi connectivity index (χ2n) is 10.1. The number of carbonyl (C=O) groups is 1. The van der Waals surface area contributed by atoms with Crippen molar-refractivity contribution in [3.05, 3.63) is 65.0 Å². The Morgan fingerprint density at radius 3 is 2.47 bits per heavy atom. The predicted molar refractivity (Wildman–Crippen MR) is 140 cm³/mol. The van der Waals surface area contributed by atoms with E-state index in [2.05, 4.69) is 71.4 Å². The van der Waals surface area contributed by atoms with Crippen LogP contribution in [0.25, 0.3) is 10.1 Å². The quantitative estimate of drug-likeness (QED) is 0.373. The molecule has 2 fully saturated rings. The van der Waals surface area contributed by atoms with Crippen LogP contribution in [0.3, 0.4) is 0 Å². The first-order valence-electron chi connectivity index (χ1n) is 12.8. The molecule has 4 nitrogen and oxygen atoms in total. The highest BCUT2D eigenvalue weighted by Crippen LogP contribution is 2.29. The molecule has 0 atom stereocenters.